The number of hydrogen-bond donors (Lipinski definition) is 0. The third-order valence-electron chi connectivity index (χ3n) is 13.9. The monoisotopic (exact) mass is 1110 g/mol. The molecule has 0 aromatic carbocycles. The van der Waals surface area contributed by atoms with Crippen LogP contribution in [0.2, 0.25) is 0 Å². The van der Waals surface area contributed by atoms with Crippen molar-refractivity contribution in [2.24, 2.45) is 0 Å². The summed E-state index contributed by atoms with van der Waals surface area (Å²) in [5.41, 5.74) is 0. The molecule has 454 valence electrons. The highest BCUT2D eigenvalue weighted by Crippen LogP contribution is 2.16. The molecule has 0 rings (SSSR count). The van der Waals surface area contributed by atoms with Gasteiger partial charge in [-0.1, -0.05) is 296 Å². The van der Waals surface area contributed by atoms with Crippen molar-refractivity contribution in [3.05, 3.63) is 134 Å². The van der Waals surface area contributed by atoms with Crippen LogP contribution in [0.4, 0.5) is 0 Å². The number of hydrogen-bond acceptors (Lipinski definition) is 6. The van der Waals surface area contributed by atoms with Crippen LogP contribution < -0.4 is 0 Å². The van der Waals surface area contributed by atoms with Gasteiger partial charge in [0.1, 0.15) is 13.2 Å². The Balaban J connectivity index is 4.43. The van der Waals surface area contributed by atoms with E-state index in [0.717, 1.165) is 135 Å². The van der Waals surface area contributed by atoms with Gasteiger partial charge in [-0.2, -0.15) is 0 Å². The highest BCUT2D eigenvalue weighted by Gasteiger charge is 2.19. The second-order valence-electron chi connectivity index (χ2n) is 21.6. The lowest BCUT2D eigenvalue weighted by atomic mass is 10.0. The van der Waals surface area contributed by atoms with E-state index in [2.05, 4.69) is 154 Å². The first-order chi connectivity index (χ1) is 39.5. The molecule has 1 unspecified atom stereocenters. The van der Waals surface area contributed by atoms with Gasteiger partial charge in [-0.25, -0.2) is 0 Å². The first kappa shape index (κ1) is 75.5. The van der Waals surface area contributed by atoms with Crippen molar-refractivity contribution >= 4 is 17.9 Å². The van der Waals surface area contributed by atoms with E-state index in [4.69, 9.17) is 14.2 Å². The molecule has 1 atom stereocenters. The van der Waals surface area contributed by atoms with Crippen LogP contribution in [0.25, 0.3) is 0 Å². The maximum atomic E-state index is 12.9. The van der Waals surface area contributed by atoms with Crippen LogP contribution in [0, 0.1) is 0 Å². The number of ether oxygens (including phenoxy) is 3. The van der Waals surface area contributed by atoms with Crippen molar-refractivity contribution in [2.45, 2.75) is 303 Å². The molecule has 0 aromatic rings. The lowest BCUT2D eigenvalue weighted by molar-refractivity contribution is -0.167. The summed E-state index contributed by atoms with van der Waals surface area (Å²) < 4.78 is 16.9. The van der Waals surface area contributed by atoms with E-state index >= 15 is 0 Å². The van der Waals surface area contributed by atoms with Crippen LogP contribution in [0.5, 0.6) is 0 Å². The molecule has 0 fully saturated rings. The molecule has 80 heavy (non-hydrogen) atoms. The predicted octanol–water partition coefficient (Wildman–Crippen LogP) is 22.9. The van der Waals surface area contributed by atoms with Crippen molar-refractivity contribution < 1.29 is 28.6 Å². The summed E-state index contributed by atoms with van der Waals surface area (Å²) in [5.74, 6) is -0.924. The van der Waals surface area contributed by atoms with Gasteiger partial charge in [0.05, 0.1) is 0 Å². The van der Waals surface area contributed by atoms with E-state index < -0.39 is 6.10 Å². The Bertz CT molecular complexity index is 1700. The Labute approximate surface area is 494 Å². The number of esters is 3. The van der Waals surface area contributed by atoms with Gasteiger partial charge in [-0.05, 0) is 116 Å². The number of rotatable bonds is 59. The molecule has 0 saturated heterocycles. The third kappa shape index (κ3) is 64.4. The van der Waals surface area contributed by atoms with Crippen LogP contribution >= 0.6 is 0 Å². The minimum Gasteiger partial charge on any atom is -0.462 e. The Morgan fingerprint density at radius 1 is 0.263 bits per heavy atom. The van der Waals surface area contributed by atoms with Crippen LogP contribution in [-0.2, 0) is 28.6 Å². The van der Waals surface area contributed by atoms with Gasteiger partial charge in [0.25, 0.3) is 0 Å². The van der Waals surface area contributed by atoms with Gasteiger partial charge < -0.3 is 14.2 Å². The van der Waals surface area contributed by atoms with E-state index in [1.54, 1.807) is 0 Å². The summed E-state index contributed by atoms with van der Waals surface area (Å²) in [6.45, 7) is 6.40. The molecule has 6 nitrogen and oxygen atoms in total. The van der Waals surface area contributed by atoms with Crippen LogP contribution in [0.15, 0.2) is 134 Å². The number of carbonyl (C=O) groups excluding carboxylic acids is 3. The number of allylic oxidation sites excluding steroid dienone is 22. The minimum absolute atomic E-state index is 0.0915. The topological polar surface area (TPSA) is 78.9 Å². The van der Waals surface area contributed by atoms with Crippen LogP contribution in [0.1, 0.15) is 297 Å². The molecule has 0 spiro atoms. The molecular weight excluding hydrogens is 985 g/mol. The SMILES string of the molecule is CC/C=C\C/C=C\C/C=C\C/C=C\C/C=C\C/C=C\C/C=C\CCCCCC(=O)OCC(COC(=O)CCCCCCCCCCCCCCCC)OC(=O)CCCCCCCCCCCC/C=C\C/C=C\C/C=C\C/C=C\CC. The molecule has 0 N–H and O–H groups in total. The Hall–Kier alpha value is -4.45. The van der Waals surface area contributed by atoms with Crippen molar-refractivity contribution in [3.63, 3.8) is 0 Å². The Kier molecular flexibility index (Phi) is 63.3. The van der Waals surface area contributed by atoms with Gasteiger partial charge in [-0.15, -0.1) is 0 Å². The van der Waals surface area contributed by atoms with Crippen molar-refractivity contribution in [2.75, 3.05) is 13.2 Å². The van der Waals surface area contributed by atoms with Gasteiger partial charge in [0.2, 0.25) is 0 Å². The molecule has 0 aliphatic rings. The first-order valence-electron chi connectivity index (χ1n) is 33.2. The fourth-order valence-corrected chi connectivity index (χ4v) is 9.00. The highest BCUT2D eigenvalue weighted by atomic mass is 16.6. The third-order valence-corrected chi connectivity index (χ3v) is 13.9. The van der Waals surface area contributed by atoms with E-state index in [9.17, 15) is 14.4 Å². The highest BCUT2D eigenvalue weighted by molar-refractivity contribution is 5.71. The largest absolute Gasteiger partial charge is 0.462 e. The molecule has 6 heteroatoms. The van der Waals surface area contributed by atoms with Gasteiger partial charge >= 0.3 is 17.9 Å². The summed E-state index contributed by atoms with van der Waals surface area (Å²) in [6, 6.07) is 0. The predicted molar refractivity (Wildman–Crippen MR) is 348 cm³/mol. The quantitative estimate of drug-likeness (QED) is 0.0261. The summed E-state index contributed by atoms with van der Waals surface area (Å²) in [7, 11) is 0. The van der Waals surface area contributed by atoms with Crippen molar-refractivity contribution in [1.82, 2.24) is 0 Å². The summed E-state index contributed by atoms with van der Waals surface area (Å²) >= 11 is 0. The maximum absolute atomic E-state index is 12.9. The molecule has 0 aliphatic carbocycles. The summed E-state index contributed by atoms with van der Waals surface area (Å²) in [4.78, 5) is 38.4. The Morgan fingerprint density at radius 3 is 0.775 bits per heavy atom. The normalized spacial score (nSPS) is 13.0. The van der Waals surface area contributed by atoms with Crippen LogP contribution in [0.3, 0.4) is 0 Å². The first-order valence-corrected chi connectivity index (χ1v) is 33.2. The molecule has 0 bridgehead atoms. The summed E-state index contributed by atoms with van der Waals surface area (Å²) in [5, 5.41) is 0. The summed E-state index contributed by atoms with van der Waals surface area (Å²) in [6.07, 6.45) is 94.5. The number of unbranched alkanes of at least 4 members (excludes halogenated alkanes) is 26. The van der Waals surface area contributed by atoms with Crippen molar-refractivity contribution in [3.8, 4) is 0 Å². The lowest BCUT2D eigenvalue weighted by Gasteiger charge is -2.18. The molecule has 0 aromatic heterocycles. The maximum Gasteiger partial charge on any atom is 0.306 e. The molecule has 0 heterocycles. The van der Waals surface area contributed by atoms with E-state index in [1.807, 2.05) is 0 Å². The molecule has 0 radical (unpaired) electrons. The molecular formula is C74H122O6. The minimum atomic E-state index is -0.799. The lowest BCUT2D eigenvalue weighted by Crippen LogP contribution is -2.30. The van der Waals surface area contributed by atoms with Gasteiger partial charge in [0, 0.05) is 19.3 Å². The molecule has 0 amide bonds. The van der Waals surface area contributed by atoms with E-state index in [1.165, 1.54) is 122 Å². The molecule has 0 aliphatic heterocycles. The standard InChI is InChI=1S/C74H122O6/c1-4-7-10-13-16-19-22-25-28-30-32-34-36-37-39-40-42-44-46-49-52-55-58-61-64-67-73(76)79-70-71(69-78-72(75)66-63-60-57-54-51-48-27-24-21-18-15-12-9-6-3)80-74(77)68-65-62-59-56-53-50-47-45-43-41-38-35-33-31-29-26-23-20-17-14-11-8-5-2/h7-8,10-11,16-17,19-20,25-26,28-29,32-35,37,39,42,44,49,52,71H,4-6,9,12-15,18,21-24,27,30-31,36,38,40-41,43,45-48,50-51,53-70H2,1-3H3/b10-7-,11-8-,19-16-,20-17-,28-25-,29-26-,34-32-,35-33-,39-37-,44-42-,52-49-. The van der Waals surface area contributed by atoms with Crippen LogP contribution in [-0.4, -0.2) is 37.2 Å². The average molecular weight is 1110 g/mol. The fourth-order valence-electron chi connectivity index (χ4n) is 9.00. The smallest absolute Gasteiger partial charge is 0.306 e. The zero-order valence-corrected chi connectivity index (χ0v) is 52.0. The zero-order valence-electron chi connectivity index (χ0n) is 52.0. The van der Waals surface area contributed by atoms with E-state index in [0.29, 0.717) is 19.3 Å². The van der Waals surface area contributed by atoms with Gasteiger partial charge in [0.15, 0.2) is 6.10 Å². The van der Waals surface area contributed by atoms with E-state index in [-0.39, 0.29) is 31.1 Å². The second kappa shape index (κ2) is 67.1. The second-order valence-corrected chi connectivity index (χ2v) is 21.6. The Morgan fingerprint density at radius 2 is 0.487 bits per heavy atom. The zero-order chi connectivity index (χ0) is 57.8. The van der Waals surface area contributed by atoms with Crippen molar-refractivity contribution in [1.29, 1.82) is 0 Å². The average Bonchev–Trinajstić information content (AvgIpc) is 3.46. The van der Waals surface area contributed by atoms with Gasteiger partial charge in [-0.3, -0.25) is 14.4 Å². The molecule has 0 saturated carbocycles. The fraction of sp³-hybridized carbons (Fsp3) is 0.662. The number of carbonyl (C=O) groups is 3.